The third kappa shape index (κ3) is 3.31. The number of aryl methyl sites for hydroxylation is 2. The molecule has 0 aliphatic heterocycles. The summed E-state index contributed by atoms with van der Waals surface area (Å²) in [5, 5.41) is 16.6. The number of benzene rings is 6. The van der Waals surface area contributed by atoms with E-state index in [9.17, 15) is 5.26 Å². The van der Waals surface area contributed by atoms with Gasteiger partial charge in [0.1, 0.15) is 17.2 Å². The second-order valence-corrected chi connectivity index (χ2v) is 11.4. The molecule has 0 atom stereocenters. The Bertz CT molecular complexity index is 2600. The highest BCUT2D eigenvalue weighted by molar-refractivity contribution is 6.18. The molecule has 0 saturated heterocycles. The van der Waals surface area contributed by atoms with Crippen LogP contribution in [-0.2, 0) is 0 Å². The Kier molecular flexibility index (Phi) is 4.78. The number of hydrogen-bond acceptors (Lipinski definition) is 3. The van der Waals surface area contributed by atoms with Gasteiger partial charge in [-0.1, -0.05) is 65.7 Å². The predicted octanol–water partition coefficient (Wildman–Crippen LogP) is 10.7. The van der Waals surface area contributed by atoms with E-state index < -0.39 is 0 Å². The van der Waals surface area contributed by atoms with Gasteiger partial charge in [0, 0.05) is 32.3 Å². The first kappa shape index (κ1) is 23.9. The quantitative estimate of drug-likeness (QED) is 0.214. The lowest BCUT2D eigenvalue weighted by Gasteiger charge is -2.09. The average Bonchev–Trinajstić information content (AvgIpc) is 3.70. The number of para-hydroxylation sites is 2. The standard InChI is InChI=1S/C39H24N2O2/c1-22-10-15-32-29(18-22)30-19-23(2)11-16-33(30)41(32)34-8-5-7-28-37-26(14-12-25(21-40)38(37)43-39(28)34)24-13-17-36-31(20-24)27-6-3-4-9-35(27)42-36/h3-20H,1-2H3. The van der Waals surface area contributed by atoms with Crippen LogP contribution in [0.25, 0.3) is 82.5 Å². The van der Waals surface area contributed by atoms with E-state index in [2.05, 4.69) is 97.3 Å². The van der Waals surface area contributed by atoms with Gasteiger partial charge in [-0.15, -0.1) is 0 Å². The minimum absolute atomic E-state index is 0.518. The van der Waals surface area contributed by atoms with Crippen molar-refractivity contribution in [1.82, 2.24) is 4.57 Å². The number of rotatable bonds is 2. The monoisotopic (exact) mass is 552 g/mol. The maximum absolute atomic E-state index is 10.1. The Balaban J connectivity index is 1.37. The van der Waals surface area contributed by atoms with Crippen LogP contribution in [0, 0.1) is 25.2 Å². The number of nitrogens with zero attached hydrogens (tertiary/aromatic N) is 2. The van der Waals surface area contributed by atoms with Crippen molar-refractivity contribution in [3.63, 3.8) is 0 Å². The van der Waals surface area contributed by atoms with E-state index in [4.69, 9.17) is 8.83 Å². The molecule has 0 fully saturated rings. The van der Waals surface area contributed by atoms with Crippen molar-refractivity contribution in [2.75, 3.05) is 0 Å². The fraction of sp³-hybridized carbons (Fsp3) is 0.0513. The lowest BCUT2D eigenvalue weighted by Crippen LogP contribution is -1.94. The lowest BCUT2D eigenvalue weighted by atomic mass is 9.96. The summed E-state index contributed by atoms with van der Waals surface area (Å²) >= 11 is 0. The summed E-state index contributed by atoms with van der Waals surface area (Å²) in [6.07, 6.45) is 0. The summed E-state index contributed by atoms with van der Waals surface area (Å²) in [4.78, 5) is 0. The fourth-order valence-electron chi connectivity index (χ4n) is 6.80. The molecule has 0 amide bonds. The molecule has 9 rings (SSSR count). The Morgan fingerprint density at radius 3 is 2.07 bits per heavy atom. The minimum atomic E-state index is 0.518. The summed E-state index contributed by atoms with van der Waals surface area (Å²) in [7, 11) is 0. The van der Waals surface area contributed by atoms with Gasteiger partial charge in [-0.2, -0.15) is 5.26 Å². The van der Waals surface area contributed by atoms with Crippen molar-refractivity contribution in [3.8, 4) is 22.9 Å². The number of nitriles is 1. The van der Waals surface area contributed by atoms with Gasteiger partial charge in [0.2, 0.25) is 0 Å². The van der Waals surface area contributed by atoms with Gasteiger partial charge < -0.3 is 13.4 Å². The largest absolute Gasteiger partial charge is 0.456 e. The predicted molar refractivity (Wildman–Crippen MR) is 175 cm³/mol. The van der Waals surface area contributed by atoms with Crippen LogP contribution in [0.15, 0.2) is 118 Å². The van der Waals surface area contributed by atoms with Crippen molar-refractivity contribution < 1.29 is 8.83 Å². The second-order valence-electron chi connectivity index (χ2n) is 11.4. The summed E-state index contributed by atoms with van der Waals surface area (Å²) in [5.74, 6) is 0. The van der Waals surface area contributed by atoms with E-state index in [0.717, 1.165) is 66.1 Å². The average molecular weight is 553 g/mol. The van der Waals surface area contributed by atoms with Crippen LogP contribution < -0.4 is 0 Å². The number of fused-ring (bicyclic) bond motifs is 9. The molecule has 0 spiro atoms. The Morgan fingerprint density at radius 1 is 0.581 bits per heavy atom. The molecule has 0 unspecified atom stereocenters. The van der Waals surface area contributed by atoms with Crippen LogP contribution in [0.1, 0.15) is 16.7 Å². The second kappa shape index (κ2) is 8.61. The lowest BCUT2D eigenvalue weighted by molar-refractivity contribution is 0.665. The highest BCUT2D eigenvalue weighted by atomic mass is 16.3. The maximum atomic E-state index is 10.1. The molecule has 6 aromatic carbocycles. The number of aromatic nitrogens is 1. The third-order valence-corrected chi connectivity index (χ3v) is 8.75. The van der Waals surface area contributed by atoms with Crippen LogP contribution in [0.2, 0.25) is 0 Å². The van der Waals surface area contributed by atoms with Gasteiger partial charge >= 0.3 is 0 Å². The first-order valence-corrected chi connectivity index (χ1v) is 14.4. The van der Waals surface area contributed by atoms with Gasteiger partial charge in [0.15, 0.2) is 11.2 Å². The number of hydrogen-bond donors (Lipinski definition) is 0. The van der Waals surface area contributed by atoms with Crippen LogP contribution in [0.5, 0.6) is 0 Å². The normalized spacial score (nSPS) is 11.9. The van der Waals surface area contributed by atoms with Crippen molar-refractivity contribution in [3.05, 3.63) is 126 Å². The van der Waals surface area contributed by atoms with E-state index in [1.807, 2.05) is 36.4 Å². The van der Waals surface area contributed by atoms with Crippen molar-refractivity contribution in [2.24, 2.45) is 0 Å². The molecule has 43 heavy (non-hydrogen) atoms. The molecule has 0 N–H and O–H groups in total. The zero-order valence-corrected chi connectivity index (χ0v) is 23.6. The van der Waals surface area contributed by atoms with Crippen LogP contribution in [0.4, 0.5) is 0 Å². The highest BCUT2D eigenvalue weighted by Gasteiger charge is 2.21. The molecule has 9 aromatic rings. The summed E-state index contributed by atoms with van der Waals surface area (Å²) in [6, 6.07) is 40.2. The molecule has 0 saturated carbocycles. The molecule has 4 heteroatoms. The van der Waals surface area contributed by atoms with E-state index in [0.29, 0.717) is 11.1 Å². The van der Waals surface area contributed by atoms with E-state index in [-0.39, 0.29) is 0 Å². The minimum Gasteiger partial charge on any atom is -0.456 e. The van der Waals surface area contributed by atoms with Gasteiger partial charge in [0.25, 0.3) is 0 Å². The first-order chi connectivity index (χ1) is 21.1. The van der Waals surface area contributed by atoms with Crippen LogP contribution >= 0.6 is 0 Å². The summed E-state index contributed by atoms with van der Waals surface area (Å²) < 4.78 is 15.1. The number of furan rings is 2. The zero-order valence-electron chi connectivity index (χ0n) is 23.6. The Hall–Kier alpha value is -5.79. The smallest absolute Gasteiger partial charge is 0.159 e. The molecule has 0 aliphatic rings. The zero-order chi connectivity index (χ0) is 28.8. The van der Waals surface area contributed by atoms with Crippen molar-refractivity contribution >= 4 is 65.7 Å². The summed E-state index contributed by atoms with van der Waals surface area (Å²) in [5.41, 5.74) is 11.3. The third-order valence-electron chi connectivity index (χ3n) is 8.75. The maximum Gasteiger partial charge on any atom is 0.159 e. The van der Waals surface area contributed by atoms with Gasteiger partial charge in [-0.25, -0.2) is 0 Å². The van der Waals surface area contributed by atoms with Crippen LogP contribution in [0.3, 0.4) is 0 Å². The molecule has 4 nitrogen and oxygen atoms in total. The van der Waals surface area contributed by atoms with Gasteiger partial charge in [0.05, 0.1) is 22.3 Å². The Labute approximate surface area is 246 Å². The molecule has 202 valence electrons. The van der Waals surface area contributed by atoms with Crippen molar-refractivity contribution in [1.29, 1.82) is 5.26 Å². The molecule has 0 aliphatic carbocycles. The van der Waals surface area contributed by atoms with Gasteiger partial charge in [-0.3, -0.25) is 0 Å². The van der Waals surface area contributed by atoms with Crippen LogP contribution in [-0.4, -0.2) is 4.57 Å². The summed E-state index contributed by atoms with van der Waals surface area (Å²) in [6.45, 7) is 4.26. The van der Waals surface area contributed by atoms with E-state index in [1.165, 1.54) is 21.9 Å². The van der Waals surface area contributed by atoms with Gasteiger partial charge in [-0.05, 0) is 79.6 Å². The van der Waals surface area contributed by atoms with E-state index >= 15 is 0 Å². The molecule has 0 bridgehead atoms. The molecule has 0 radical (unpaired) electrons. The molecular weight excluding hydrogens is 528 g/mol. The molecular formula is C39H24N2O2. The topological polar surface area (TPSA) is 55.0 Å². The SMILES string of the molecule is Cc1ccc2c(c1)c1cc(C)ccc1n2-c1cccc2c1oc1c(C#N)ccc(-c3ccc4oc5ccccc5c4c3)c12. The Morgan fingerprint density at radius 2 is 1.30 bits per heavy atom. The highest BCUT2D eigenvalue weighted by Crippen LogP contribution is 2.43. The van der Waals surface area contributed by atoms with E-state index in [1.54, 1.807) is 0 Å². The first-order valence-electron chi connectivity index (χ1n) is 14.4. The van der Waals surface area contributed by atoms with Crippen molar-refractivity contribution in [2.45, 2.75) is 13.8 Å². The molecule has 3 heterocycles. The fourth-order valence-corrected chi connectivity index (χ4v) is 6.80. The molecule has 3 aromatic heterocycles.